The van der Waals surface area contributed by atoms with Crippen molar-refractivity contribution in [3.8, 4) is 17.5 Å². The third kappa shape index (κ3) is 1.40. The molecule has 0 aliphatic rings. The number of nitriles is 1. The Hall–Kier alpha value is -2.87. The standard InChI is InChI=1S/C13H8N4O/c14-8-17-11-6-3-4-9(12(11)16-13(17)18)10-5-1-2-7-15-10/h1-7H,(H,16,18). The lowest BCUT2D eigenvalue weighted by Crippen LogP contribution is -2.11. The van der Waals surface area contributed by atoms with Crippen molar-refractivity contribution in [1.29, 1.82) is 5.26 Å². The number of rotatable bonds is 1. The number of hydrogen-bond donors (Lipinski definition) is 1. The van der Waals surface area contributed by atoms with Crippen LogP contribution in [-0.4, -0.2) is 14.5 Å². The molecule has 0 aliphatic heterocycles. The molecule has 0 bridgehead atoms. The van der Waals surface area contributed by atoms with Crippen LogP contribution in [0.25, 0.3) is 22.3 Å². The molecule has 2 aromatic heterocycles. The molecule has 0 radical (unpaired) electrons. The summed E-state index contributed by atoms with van der Waals surface area (Å²) in [7, 11) is 0. The second kappa shape index (κ2) is 3.86. The monoisotopic (exact) mass is 236 g/mol. The molecule has 0 saturated heterocycles. The zero-order valence-corrected chi connectivity index (χ0v) is 9.29. The molecule has 2 heterocycles. The molecular formula is C13H8N4O. The van der Waals surface area contributed by atoms with Crippen LogP contribution < -0.4 is 5.69 Å². The molecule has 3 rings (SSSR count). The smallest absolute Gasteiger partial charge is 0.304 e. The minimum Gasteiger partial charge on any atom is -0.304 e. The predicted octanol–water partition coefficient (Wildman–Crippen LogP) is 1.72. The summed E-state index contributed by atoms with van der Waals surface area (Å²) in [5.74, 6) is 0. The average Bonchev–Trinajstić information content (AvgIpc) is 2.74. The van der Waals surface area contributed by atoms with Crippen molar-refractivity contribution >= 4 is 11.0 Å². The number of benzene rings is 1. The SMILES string of the molecule is N#Cn1c(=O)[nH]c2c(-c3ccccn3)cccc21. The van der Waals surface area contributed by atoms with E-state index in [0.717, 1.165) is 15.8 Å². The number of H-pyrrole nitrogens is 1. The molecule has 0 fully saturated rings. The van der Waals surface area contributed by atoms with Crippen LogP contribution in [0.2, 0.25) is 0 Å². The molecule has 5 heteroatoms. The summed E-state index contributed by atoms with van der Waals surface area (Å²) < 4.78 is 1.03. The van der Waals surface area contributed by atoms with Gasteiger partial charge in [-0.05, 0) is 18.2 Å². The average molecular weight is 236 g/mol. The maximum absolute atomic E-state index is 11.6. The van der Waals surface area contributed by atoms with Gasteiger partial charge in [0.15, 0.2) is 6.19 Å². The second-order valence-corrected chi connectivity index (χ2v) is 3.78. The fraction of sp³-hybridized carbons (Fsp3) is 0. The fourth-order valence-electron chi connectivity index (χ4n) is 1.96. The minimum absolute atomic E-state index is 0.434. The number of aromatic amines is 1. The van der Waals surface area contributed by atoms with Gasteiger partial charge in [0, 0.05) is 11.8 Å². The molecule has 0 atom stereocenters. The Balaban J connectivity index is 2.40. The van der Waals surface area contributed by atoms with Gasteiger partial charge >= 0.3 is 5.69 Å². The van der Waals surface area contributed by atoms with Crippen LogP contribution in [-0.2, 0) is 0 Å². The van der Waals surface area contributed by atoms with Gasteiger partial charge in [-0.15, -0.1) is 0 Å². The number of imidazole rings is 1. The molecule has 1 N–H and O–H groups in total. The summed E-state index contributed by atoms with van der Waals surface area (Å²) in [4.78, 5) is 18.6. The van der Waals surface area contributed by atoms with E-state index in [0.29, 0.717) is 11.0 Å². The van der Waals surface area contributed by atoms with E-state index < -0.39 is 5.69 Å². The Morgan fingerprint density at radius 1 is 1.22 bits per heavy atom. The highest BCUT2D eigenvalue weighted by Crippen LogP contribution is 2.24. The molecule has 18 heavy (non-hydrogen) atoms. The number of nitrogens with zero attached hydrogens (tertiary/aromatic N) is 3. The number of fused-ring (bicyclic) bond motifs is 1. The lowest BCUT2D eigenvalue weighted by molar-refractivity contribution is 1.03. The molecule has 1 aromatic carbocycles. The first-order valence-electron chi connectivity index (χ1n) is 5.36. The van der Waals surface area contributed by atoms with Crippen molar-refractivity contribution in [2.24, 2.45) is 0 Å². The molecule has 3 aromatic rings. The topological polar surface area (TPSA) is 74.5 Å². The first-order valence-corrected chi connectivity index (χ1v) is 5.36. The van der Waals surface area contributed by atoms with E-state index >= 15 is 0 Å². The lowest BCUT2D eigenvalue weighted by atomic mass is 10.1. The maximum Gasteiger partial charge on any atom is 0.339 e. The molecule has 0 amide bonds. The van der Waals surface area contributed by atoms with E-state index in [2.05, 4.69) is 9.97 Å². The van der Waals surface area contributed by atoms with Crippen molar-refractivity contribution in [3.63, 3.8) is 0 Å². The van der Waals surface area contributed by atoms with Crippen molar-refractivity contribution in [2.45, 2.75) is 0 Å². The van der Waals surface area contributed by atoms with Gasteiger partial charge < -0.3 is 4.98 Å². The van der Waals surface area contributed by atoms with Gasteiger partial charge in [-0.1, -0.05) is 18.2 Å². The van der Waals surface area contributed by atoms with E-state index in [9.17, 15) is 4.79 Å². The van der Waals surface area contributed by atoms with Gasteiger partial charge in [0.1, 0.15) is 0 Å². The van der Waals surface area contributed by atoms with Crippen molar-refractivity contribution in [1.82, 2.24) is 14.5 Å². The summed E-state index contributed by atoms with van der Waals surface area (Å²) in [5, 5.41) is 8.94. The minimum atomic E-state index is -0.434. The lowest BCUT2D eigenvalue weighted by Gasteiger charge is -2.01. The Morgan fingerprint density at radius 3 is 2.83 bits per heavy atom. The Bertz CT molecular complexity index is 808. The summed E-state index contributed by atoms with van der Waals surface area (Å²) in [6.45, 7) is 0. The number of nitrogens with one attached hydrogen (secondary N) is 1. The van der Waals surface area contributed by atoms with Crippen LogP contribution in [0.3, 0.4) is 0 Å². The van der Waals surface area contributed by atoms with E-state index in [-0.39, 0.29) is 0 Å². The normalized spacial score (nSPS) is 10.4. The largest absolute Gasteiger partial charge is 0.339 e. The van der Waals surface area contributed by atoms with Gasteiger partial charge in [-0.25, -0.2) is 4.79 Å². The number of aromatic nitrogens is 3. The van der Waals surface area contributed by atoms with Gasteiger partial charge in [-0.2, -0.15) is 9.83 Å². The van der Waals surface area contributed by atoms with E-state index in [1.807, 2.05) is 30.5 Å². The van der Waals surface area contributed by atoms with Crippen LogP contribution in [0.1, 0.15) is 0 Å². The maximum atomic E-state index is 11.6. The summed E-state index contributed by atoms with van der Waals surface area (Å²) in [6, 6.07) is 10.9. The van der Waals surface area contributed by atoms with Crippen LogP contribution >= 0.6 is 0 Å². The van der Waals surface area contributed by atoms with Crippen molar-refractivity contribution in [2.75, 3.05) is 0 Å². The number of hydrogen-bond acceptors (Lipinski definition) is 3. The third-order valence-electron chi connectivity index (χ3n) is 2.76. The highest BCUT2D eigenvalue weighted by molar-refractivity contribution is 5.91. The molecule has 5 nitrogen and oxygen atoms in total. The fourth-order valence-corrected chi connectivity index (χ4v) is 1.96. The van der Waals surface area contributed by atoms with Gasteiger partial charge in [0.05, 0.1) is 16.7 Å². The molecule has 86 valence electrons. The summed E-state index contributed by atoms with van der Waals surface area (Å²) >= 11 is 0. The van der Waals surface area contributed by atoms with E-state index in [1.54, 1.807) is 18.3 Å². The Labute approximate surface area is 102 Å². The van der Waals surface area contributed by atoms with E-state index in [4.69, 9.17) is 5.26 Å². The van der Waals surface area contributed by atoms with Crippen molar-refractivity contribution < 1.29 is 0 Å². The summed E-state index contributed by atoms with van der Waals surface area (Å²) in [5.41, 5.74) is 2.32. The Kier molecular flexibility index (Phi) is 2.21. The second-order valence-electron chi connectivity index (χ2n) is 3.78. The molecule has 0 spiro atoms. The molecular weight excluding hydrogens is 228 g/mol. The summed E-state index contributed by atoms with van der Waals surface area (Å²) in [6.07, 6.45) is 3.54. The third-order valence-corrected chi connectivity index (χ3v) is 2.76. The number of para-hydroxylation sites is 1. The number of pyridine rings is 1. The molecule has 0 aliphatic carbocycles. The van der Waals surface area contributed by atoms with Gasteiger partial charge in [0.2, 0.25) is 0 Å². The Morgan fingerprint density at radius 2 is 2.11 bits per heavy atom. The molecule has 0 saturated carbocycles. The highest BCUT2D eigenvalue weighted by atomic mass is 16.1. The van der Waals surface area contributed by atoms with Crippen molar-refractivity contribution in [3.05, 3.63) is 53.1 Å². The zero-order chi connectivity index (χ0) is 12.5. The van der Waals surface area contributed by atoms with Gasteiger partial charge in [-0.3, -0.25) is 4.98 Å². The quantitative estimate of drug-likeness (QED) is 0.699. The van der Waals surface area contributed by atoms with Crippen LogP contribution in [0.5, 0.6) is 0 Å². The predicted molar refractivity (Wildman–Crippen MR) is 66.8 cm³/mol. The van der Waals surface area contributed by atoms with Crippen LogP contribution in [0.15, 0.2) is 47.4 Å². The first-order chi connectivity index (χ1) is 8.81. The van der Waals surface area contributed by atoms with E-state index in [1.165, 1.54) is 0 Å². The van der Waals surface area contributed by atoms with Crippen LogP contribution in [0, 0.1) is 11.5 Å². The van der Waals surface area contributed by atoms with Gasteiger partial charge in [0.25, 0.3) is 0 Å². The first kappa shape index (κ1) is 10.3. The highest BCUT2D eigenvalue weighted by Gasteiger charge is 2.11. The zero-order valence-electron chi connectivity index (χ0n) is 9.29. The molecule has 0 unspecified atom stereocenters. The van der Waals surface area contributed by atoms with Crippen LogP contribution in [0.4, 0.5) is 0 Å².